The number of nitrogens with zero attached hydrogens (tertiary/aromatic N) is 2. The van der Waals surface area contributed by atoms with Crippen LogP contribution in [-0.4, -0.2) is 72.2 Å². The van der Waals surface area contributed by atoms with Crippen molar-refractivity contribution >= 4 is 39.1 Å². The molecular formula is C32H40ClN3O8S. The van der Waals surface area contributed by atoms with Gasteiger partial charge < -0.3 is 29.2 Å². The van der Waals surface area contributed by atoms with E-state index in [2.05, 4.69) is 5.32 Å². The molecule has 3 aromatic carbocycles. The van der Waals surface area contributed by atoms with Crippen LogP contribution in [0, 0.1) is 0 Å². The highest BCUT2D eigenvalue weighted by Crippen LogP contribution is 2.37. The first-order chi connectivity index (χ1) is 21.4. The van der Waals surface area contributed by atoms with Gasteiger partial charge in [-0.15, -0.1) is 0 Å². The molecule has 1 N–H and O–H groups in total. The van der Waals surface area contributed by atoms with Crippen LogP contribution >= 0.6 is 11.6 Å². The predicted molar refractivity (Wildman–Crippen MR) is 173 cm³/mol. The number of nitrogens with one attached hydrogen (secondary N) is 1. The molecule has 0 fully saturated rings. The number of anilines is 1. The third kappa shape index (κ3) is 8.52. The maximum absolute atomic E-state index is 14.4. The van der Waals surface area contributed by atoms with Crippen molar-refractivity contribution < 1.29 is 37.0 Å². The molecule has 0 radical (unpaired) electrons. The van der Waals surface area contributed by atoms with Crippen molar-refractivity contribution in [2.24, 2.45) is 0 Å². The average Bonchev–Trinajstić information content (AvgIpc) is 3.02. The lowest BCUT2D eigenvalue weighted by atomic mass is 10.1. The zero-order chi connectivity index (χ0) is 33.3. The van der Waals surface area contributed by atoms with Gasteiger partial charge in [-0.2, -0.15) is 0 Å². The number of benzene rings is 3. The number of hydrogen-bond acceptors (Lipinski definition) is 8. The van der Waals surface area contributed by atoms with Crippen LogP contribution < -0.4 is 28.6 Å². The molecule has 0 unspecified atom stereocenters. The smallest absolute Gasteiger partial charge is 0.265 e. The molecule has 3 aromatic rings. The highest BCUT2D eigenvalue weighted by atomic mass is 35.5. The molecule has 0 aliphatic rings. The zero-order valence-corrected chi connectivity index (χ0v) is 28.1. The minimum Gasteiger partial charge on any atom is -0.497 e. The highest BCUT2D eigenvalue weighted by Gasteiger charge is 2.35. The van der Waals surface area contributed by atoms with E-state index < -0.39 is 28.5 Å². The molecule has 244 valence electrons. The molecule has 2 amide bonds. The van der Waals surface area contributed by atoms with Gasteiger partial charge in [0.25, 0.3) is 10.0 Å². The van der Waals surface area contributed by atoms with Crippen LogP contribution in [-0.2, 0) is 26.2 Å². The summed E-state index contributed by atoms with van der Waals surface area (Å²) >= 11 is 6.32. The first kappa shape index (κ1) is 35.3. The Balaban J connectivity index is 2.17. The van der Waals surface area contributed by atoms with Crippen LogP contribution in [0.25, 0.3) is 0 Å². The van der Waals surface area contributed by atoms with E-state index in [4.69, 9.17) is 30.5 Å². The topological polar surface area (TPSA) is 124 Å². The van der Waals surface area contributed by atoms with Gasteiger partial charge in [0.2, 0.25) is 11.8 Å². The molecule has 13 heteroatoms. The molecule has 0 saturated heterocycles. The van der Waals surface area contributed by atoms with E-state index in [1.54, 1.807) is 44.4 Å². The SMILES string of the molecule is CC[C@@H](C(=O)NC(C)C)N(Cc1ccc(OC)cc1)C(=O)CN(c1cc(Cl)ccc1OC)S(=O)(=O)c1ccc(OC)c(OC)c1. The van der Waals surface area contributed by atoms with Gasteiger partial charge in [-0.3, -0.25) is 13.9 Å². The second-order valence-corrected chi connectivity index (χ2v) is 12.6. The van der Waals surface area contributed by atoms with Gasteiger partial charge in [0.05, 0.1) is 39.0 Å². The van der Waals surface area contributed by atoms with Crippen molar-refractivity contribution in [2.45, 2.75) is 50.7 Å². The fraction of sp³-hybridized carbons (Fsp3) is 0.375. The lowest BCUT2D eigenvalue weighted by molar-refractivity contribution is -0.140. The maximum Gasteiger partial charge on any atom is 0.265 e. The van der Waals surface area contributed by atoms with E-state index in [1.165, 1.54) is 56.6 Å². The van der Waals surface area contributed by atoms with Crippen molar-refractivity contribution in [1.82, 2.24) is 10.2 Å². The second-order valence-electron chi connectivity index (χ2n) is 10.3. The summed E-state index contributed by atoms with van der Waals surface area (Å²) in [6.45, 7) is 4.79. The number of methoxy groups -OCH3 is 4. The summed E-state index contributed by atoms with van der Waals surface area (Å²) in [6.07, 6.45) is 0.281. The van der Waals surface area contributed by atoms with E-state index >= 15 is 0 Å². The van der Waals surface area contributed by atoms with Gasteiger partial charge in [-0.25, -0.2) is 8.42 Å². The number of ether oxygens (including phenoxy) is 4. The third-order valence-electron chi connectivity index (χ3n) is 6.96. The Morgan fingerprint density at radius 1 is 0.844 bits per heavy atom. The van der Waals surface area contributed by atoms with Gasteiger partial charge in [0, 0.05) is 23.7 Å². The van der Waals surface area contributed by atoms with Crippen LogP contribution in [0.5, 0.6) is 23.0 Å². The Hall–Kier alpha value is -4.16. The maximum atomic E-state index is 14.4. The molecule has 0 aromatic heterocycles. The average molecular weight is 662 g/mol. The number of carbonyl (C=O) groups is 2. The molecule has 0 bridgehead atoms. The molecule has 0 saturated carbocycles. The fourth-order valence-corrected chi connectivity index (χ4v) is 6.30. The number of sulfonamides is 1. The van der Waals surface area contributed by atoms with Crippen LogP contribution in [0.4, 0.5) is 5.69 Å². The minimum absolute atomic E-state index is 0.0315. The Kier molecular flexibility index (Phi) is 12.3. The van der Waals surface area contributed by atoms with Crippen molar-refractivity contribution in [3.63, 3.8) is 0 Å². The van der Waals surface area contributed by atoms with Crippen LogP contribution in [0.3, 0.4) is 0 Å². The fourth-order valence-electron chi connectivity index (χ4n) is 4.70. The van der Waals surface area contributed by atoms with E-state index in [-0.39, 0.29) is 52.0 Å². The summed E-state index contributed by atoms with van der Waals surface area (Å²) in [4.78, 5) is 28.9. The Morgan fingerprint density at radius 2 is 1.47 bits per heavy atom. The normalized spacial score (nSPS) is 11.8. The lowest BCUT2D eigenvalue weighted by Crippen LogP contribution is -2.53. The quantitative estimate of drug-likeness (QED) is 0.244. The molecule has 45 heavy (non-hydrogen) atoms. The standard InChI is InChI=1S/C32H40ClN3O8S/c1-8-26(32(38)34-21(2)3)35(19-22-9-12-24(41-4)13-10-22)31(37)20-36(27-17-23(33)11-15-28(27)42-5)45(39,40)25-14-16-29(43-6)30(18-25)44-7/h9-18,21,26H,8,19-20H2,1-7H3,(H,34,38)/t26-/m0/s1. The molecule has 0 aliphatic heterocycles. The van der Waals surface area contributed by atoms with Gasteiger partial charge in [-0.05, 0) is 68.3 Å². The van der Waals surface area contributed by atoms with Crippen molar-refractivity contribution in [2.75, 3.05) is 39.3 Å². The summed E-state index contributed by atoms with van der Waals surface area (Å²) in [6, 6.07) is 14.6. The lowest BCUT2D eigenvalue weighted by Gasteiger charge is -2.34. The van der Waals surface area contributed by atoms with Gasteiger partial charge in [0.15, 0.2) is 11.5 Å². The first-order valence-electron chi connectivity index (χ1n) is 14.2. The van der Waals surface area contributed by atoms with Crippen molar-refractivity contribution in [3.8, 4) is 23.0 Å². The predicted octanol–water partition coefficient (Wildman–Crippen LogP) is 4.90. The number of amides is 2. The first-order valence-corrected chi connectivity index (χ1v) is 16.0. The summed E-state index contributed by atoms with van der Waals surface area (Å²) in [5.41, 5.74) is 0.756. The van der Waals surface area contributed by atoms with Crippen LogP contribution in [0.15, 0.2) is 65.6 Å². The monoisotopic (exact) mass is 661 g/mol. The number of carbonyl (C=O) groups excluding carboxylic acids is 2. The van der Waals surface area contributed by atoms with Gasteiger partial charge in [0.1, 0.15) is 24.1 Å². The molecule has 0 heterocycles. The van der Waals surface area contributed by atoms with E-state index in [0.29, 0.717) is 11.5 Å². The van der Waals surface area contributed by atoms with E-state index in [1.807, 2.05) is 13.8 Å². The number of hydrogen-bond donors (Lipinski definition) is 1. The van der Waals surface area contributed by atoms with Gasteiger partial charge in [-0.1, -0.05) is 30.7 Å². The zero-order valence-electron chi connectivity index (χ0n) is 26.5. The Labute approximate surface area is 270 Å². The largest absolute Gasteiger partial charge is 0.497 e. The molecule has 1 atom stereocenters. The van der Waals surface area contributed by atoms with Crippen LogP contribution in [0.1, 0.15) is 32.8 Å². The van der Waals surface area contributed by atoms with E-state index in [9.17, 15) is 18.0 Å². The van der Waals surface area contributed by atoms with Crippen molar-refractivity contribution in [1.29, 1.82) is 0 Å². The third-order valence-corrected chi connectivity index (χ3v) is 8.95. The minimum atomic E-state index is -4.45. The number of rotatable bonds is 15. The van der Waals surface area contributed by atoms with E-state index in [0.717, 1.165) is 9.87 Å². The highest BCUT2D eigenvalue weighted by molar-refractivity contribution is 7.92. The summed E-state index contributed by atoms with van der Waals surface area (Å²) < 4.78 is 51.0. The Bertz CT molecular complexity index is 1580. The number of halogens is 1. The molecule has 3 rings (SSSR count). The Morgan fingerprint density at radius 3 is 2.02 bits per heavy atom. The summed E-state index contributed by atoms with van der Waals surface area (Å²) in [5, 5.41) is 3.10. The summed E-state index contributed by atoms with van der Waals surface area (Å²) in [5.74, 6) is 0.322. The molecule has 0 spiro atoms. The van der Waals surface area contributed by atoms with Crippen LogP contribution in [0.2, 0.25) is 5.02 Å². The summed E-state index contributed by atoms with van der Waals surface area (Å²) in [7, 11) is 1.31. The second kappa shape index (κ2) is 15.7. The molecule has 11 nitrogen and oxygen atoms in total. The van der Waals surface area contributed by atoms with Crippen molar-refractivity contribution in [3.05, 3.63) is 71.2 Å². The van der Waals surface area contributed by atoms with Gasteiger partial charge >= 0.3 is 0 Å². The molecular weight excluding hydrogens is 622 g/mol. The molecule has 0 aliphatic carbocycles.